The minimum absolute atomic E-state index is 0.00508. The number of hydrogen-bond acceptors (Lipinski definition) is 4. The lowest BCUT2D eigenvalue weighted by Gasteiger charge is -2.43. The van der Waals surface area contributed by atoms with Gasteiger partial charge in [-0.05, 0) is 32.3 Å². The van der Waals surface area contributed by atoms with Crippen LogP contribution in [0.25, 0.3) is 0 Å². The molecule has 0 spiro atoms. The average molecular weight is 456 g/mol. The second kappa shape index (κ2) is 9.33. The maximum absolute atomic E-state index is 13.8. The monoisotopic (exact) mass is 455 g/mol. The van der Waals surface area contributed by atoms with E-state index in [9.17, 15) is 18.8 Å². The minimum atomic E-state index is -1.10. The Balaban J connectivity index is 1.54. The fraction of sp³-hybridized carbons (Fsp3) is 0.500. The lowest BCUT2D eigenvalue weighted by Crippen LogP contribution is -2.65. The normalized spacial score (nSPS) is 20.6. The number of nitrogens with one attached hydrogen (secondary N) is 2. The molecule has 0 saturated heterocycles. The topological polar surface area (TPSA) is 96.3 Å². The van der Waals surface area contributed by atoms with Gasteiger partial charge in [0.1, 0.15) is 17.1 Å². The Bertz CT molecular complexity index is 1060. The van der Waals surface area contributed by atoms with E-state index >= 15 is 0 Å². The molecule has 1 aliphatic heterocycles. The molecular formula is C24H30FN5O3. The largest absolute Gasteiger partial charge is 0.351 e. The Kier molecular flexibility index (Phi) is 6.49. The third-order valence-corrected chi connectivity index (χ3v) is 6.55. The summed E-state index contributed by atoms with van der Waals surface area (Å²) in [6, 6.07) is 7.77. The van der Waals surface area contributed by atoms with Gasteiger partial charge in [-0.3, -0.25) is 19.1 Å². The van der Waals surface area contributed by atoms with Crippen LogP contribution in [0.3, 0.4) is 0 Å². The van der Waals surface area contributed by atoms with Crippen molar-refractivity contribution < 1.29 is 18.8 Å². The third-order valence-electron chi connectivity index (χ3n) is 6.55. The van der Waals surface area contributed by atoms with Gasteiger partial charge in [-0.2, -0.15) is 5.10 Å². The van der Waals surface area contributed by atoms with Crippen LogP contribution in [-0.2, 0) is 17.9 Å². The van der Waals surface area contributed by atoms with Gasteiger partial charge in [-0.15, -0.1) is 0 Å². The standard InChI is InChI=1S/C24H30FN5O3/c1-3-12-29-22(32)20-13-19(21(31)26-14-16-8-4-7-11-18(16)25)28-30(20)15-24(29,2)23(33)27-17-9-5-6-10-17/h4,7-8,11,13,17H,3,5-6,9-10,12,14-15H2,1-2H3,(H,26,31)(H,27,33). The maximum Gasteiger partial charge on any atom is 0.273 e. The van der Waals surface area contributed by atoms with E-state index in [1.165, 1.54) is 16.8 Å². The van der Waals surface area contributed by atoms with Gasteiger partial charge in [0.15, 0.2) is 5.69 Å². The first-order valence-electron chi connectivity index (χ1n) is 11.6. The Morgan fingerprint density at radius 2 is 1.97 bits per heavy atom. The second-order valence-electron chi connectivity index (χ2n) is 9.03. The van der Waals surface area contributed by atoms with Crippen molar-refractivity contribution in [2.45, 2.75) is 70.6 Å². The van der Waals surface area contributed by atoms with E-state index in [1.54, 1.807) is 30.0 Å². The lowest BCUT2D eigenvalue weighted by atomic mass is 9.94. The molecule has 1 saturated carbocycles. The molecule has 1 atom stereocenters. The number of rotatable bonds is 7. The Labute approximate surface area is 192 Å². The van der Waals surface area contributed by atoms with Gasteiger partial charge in [0.25, 0.3) is 11.8 Å². The van der Waals surface area contributed by atoms with Gasteiger partial charge in [0, 0.05) is 30.8 Å². The van der Waals surface area contributed by atoms with Crippen molar-refractivity contribution in [3.8, 4) is 0 Å². The fourth-order valence-corrected chi connectivity index (χ4v) is 4.64. The zero-order chi connectivity index (χ0) is 23.6. The summed E-state index contributed by atoms with van der Waals surface area (Å²) in [4.78, 5) is 40.9. The predicted molar refractivity (Wildman–Crippen MR) is 120 cm³/mol. The quantitative estimate of drug-likeness (QED) is 0.671. The minimum Gasteiger partial charge on any atom is -0.351 e. The molecule has 1 aromatic heterocycles. The first kappa shape index (κ1) is 22.9. The number of amides is 3. The number of benzene rings is 1. The molecule has 2 N–H and O–H groups in total. The number of carbonyl (C=O) groups is 3. The van der Waals surface area contributed by atoms with Crippen LogP contribution in [0.2, 0.25) is 0 Å². The van der Waals surface area contributed by atoms with Crippen LogP contribution in [0.5, 0.6) is 0 Å². The molecule has 4 rings (SSSR count). The third kappa shape index (κ3) is 4.49. The molecule has 2 aliphatic rings. The number of carbonyl (C=O) groups excluding carboxylic acids is 3. The predicted octanol–water partition coefficient (Wildman–Crippen LogP) is 2.64. The van der Waals surface area contributed by atoms with E-state index in [-0.39, 0.29) is 42.3 Å². The molecule has 1 fully saturated rings. The highest BCUT2D eigenvalue weighted by Crippen LogP contribution is 2.29. The zero-order valence-electron chi connectivity index (χ0n) is 19.1. The van der Waals surface area contributed by atoms with Gasteiger partial charge in [0.05, 0.1) is 6.54 Å². The summed E-state index contributed by atoms with van der Waals surface area (Å²) in [7, 11) is 0. The first-order chi connectivity index (χ1) is 15.8. The average Bonchev–Trinajstić information content (AvgIpc) is 3.46. The molecule has 9 heteroatoms. The molecule has 0 bridgehead atoms. The van der Waals surface area contributed by atoms with Gasteiger partial charge in [-0.1, -0.05) is 38.0 Å². The Hall–Kier alpha value is -3.23. The van der Waals surface area contributed by atoms with E-state index < -0.39 is 17.3 Å². The van der Waals surface area contributed by atoms with Crippen molar-refractivity contribution in [1.82, 2.24) is 25.3 Å². The summed E-state index contributed by atoms with van der Waals surface area (Å²) < 4.78 is 15.3. The van der Waals surface area contributed by atoms with Crippen LogP contribution in [0, 0.1) is 5.82 Å². The molecular weight excluding hydrogens is 425 g/mol. The molecule has 1 aliphatic carbocycles. The van der Waals surface area contributed by atoms with Crippen LogP contribution in [-0.4, -0.2) is 50.5 Å². The second-order valence-corrected chi connectivity index (χ2v) is 9.03. The Morgan fingerprint density at radius 1 is 1.24 bits per heavy atom. The zero-order valence-corrected chi connectivity index (χ0v) is 19.1. The van der Waals surface area contributed by atoms with Crippen LogP contribution in [0.15, 0.2) is 30.3 Å². The number of nitrogens with zero attached hydrogens (tertiary/aromatic N) is 3. The van der Waals surface area contributed by atoms with Crippen LogP contribution < -0.4 is 10.6 Å². The van der Waals surface area contributed by atoms with Gasteiger partial charge < -0.3 is 15.5 Å². The van der Waals surface area contributed by atoms with Gasteiger partial charge in [-0.25, -0.2) is 4.39 Å². The molecule has 33 heavy (non-hydrogen) atoms. The number of hydrogen-bond donors (Lipinski definition) is 2. The number of halogens is 1. The van der Waals surface area contributed by atoms with Crippen molar-refractivity contribution in [1.29, 1.82) is 0 Å². The highest BCUT2D eigenvalue weighted by molar-refractivity contribution is 6.01. The summed E-state index contributed by atoms with van der Waals surface area (Å²) in [5, 5.41) is 10.1. The Morgan fingerprint density at radius 3 is 2.67 bits per heavy atom. The van der Waals surface area contributed by atoms with Crippen LogP contribution in [0.1, 0.15) is 72.5 Å². The molecule has 8 nitrogen and oxygen atoms in total. The number of aromatic nitrogens is 2. The van der Waals surface area contributed by atoms with Crippen molar-refractivity contribution in [2.24, 2.45) is 0 Å². The molecule has 1 aromatic carbocycles. The van der Waals surface area contributed by atoms with E-state index in [4.69, 9.17) is 0 Å². The maximum atomic E-state index is 13.8. The molecule has 3 amide bonds. The van der Waals surface area contributed by atoms with Gasteiger partial charge in [0.2, 0.25) is 5.91 Å². The summed E-state index contributed by atoms with van der Waals surface area (Å²) in [6.45, 7) is 4.30. The molecule has 1 unspecified atom stereocenters. The van der Waals surface area contributed by atoms with E-state index in [1.807, 2.05) is 6.92 Å². The van der Waals surface area contributed by atoms with E-state index in [2.05, 4.69) is 15.7 Å². The molecule has 2 heterocycles. The SMILES string of the molecule is CCCN1C(=O)c2cc(C(=O)NCc3ccccc3F)nn2CC1(C)C(=O)NC1CCCC1. The van der Waals surface area contributed by atoms with E-state index in [0.717, 1.165) is 25.7 Å². The first-order valence-corrected chi connectivity index (χ1v) is 11.6. The van der Waals surface area contributed by atoms with Crippen molar-refractivity contribution in [3.05, 3.63) is 53.1 Å². The smallest absolute Gasteiger partial charge is 0.273 e. The fourth-order valence-electron chi connectivity index (χ4n) is 4.64. The summed E-state index contributed by atoms with van der Waals surface area (Å²) in [5.74, 6) is -1.43. The van der Waals surface area contributed by atoms with Crippen LogP contribution in [0.4, 0.5) is 4.39 Å². The molecule has 0 radical (unpaired) electrons. The molecule has 2 aromatic rings. The molecule has 176 valence electrons. The van der Waals surface area contributed by atoms with Crippen molar-refractivity contribution in [3.63, 3.8) is 0 Å². The van der Waals surface area contributed by atoms with E-state index in [0.29, 0.717) is 18.5 Å². The van der Waals surface area contributed by atoms with Gasteiger partial charge >= 0.3 is 0 Å². The van der Waals surface area contributed by atoms with Crippen LogP contribution >= 0.6 is 0 Å². The number of fused-ring (bicyclic) bond motifs is 1. The highest BCUT2D eigenvalue weighted by atomic mass is 19.1. The summed E-state index contributed by atoms with van der Waals surface area (Å²) >= 11 is 0. The highest BCUT2D eigenvalue weighted by Gasteiger charge is 2.48. The van der Waals surface area contributed by atoms with Crippen molar-refractivity contribution in [2.75, 3.05) is 6.54 Å². The summed E-state index contributed by atoms with van der Waals surface area (Å²) in [6.07, 6.45) is 4.77. The summed E-state index contributed by atoms with van der Waals surface area (Å²) in [5.41, 5.74) is -0.413. The van der Waals surface area contributed by atoms with Crippen molar-refractivity contribution >= 4 is 17.7 Å². The lowest BCUT2D eigenvalue weighted by molar-refractivity contribution is -0.133.